The van der Waals surface area contributed by atoms with Crippen molar-refractivity contribution in [1.29, 1.82) is 0 Å². The molecule has 5 aliphatic rings. The third-order valence-corrected chi connectivity index (χ3v) is 12.3. The molecule has 4 atom stereocenters. The van der Waals surface area contributed by atoms with Crippen LogP contribution in [0.15, 0.2) is 47.1 Å². The summed E-state index contributed by atoms with van der Waals surface area (Å²) >= 11 is 4.37. The SMILES string of the molecule is Cc1ccc([C@H]2C[C@]3(C)C(=O)CC[C@H]3[C@@H]3CCC4=CC5(CCC4=C32)SCCS5)cc1. The second-order valence-electron chi connectivity index (χ2n) is 10.4. The smallest absolute Gasteiger partial charge is 0.139 e. The van der Waals surface area contributed by atoms with Crippen molar-refractivity contribution in [1.82, 2.24) is 0 Å². The predicted octanol–water partition coefficient (Wildman–Crippen LogP) is 7.07. The standard InChI is InChI=1S/C27H32OS2/c1-17-3-5-18(6-4-17)22-16-26(2)23(9-10-24(26)28)21-8-7-19-15-27(29-13-14-30-27)12-11-20(19)25(21)22/h3-6,15,21-23H,7-14,16H2,1-2H3/t21-,22+,23-,26-/m0/s1. The van der Waals surface area contributed by atoms with Gasteiger partial charge in [0.2, 0.25) is 0 Å². The van der Waals surface area contributed by atoms with Crippen LogP contribution in [0.3, 0.4) is 0 Å². The first-order valence-electron chi connectivity index (χ1n) is 11.8. The lowest BCUT2D eigenvalue weighted by molar-refractivity contribution is -0.128. The molecule has 1 aromatic rings. The number of Topliss-reactive ketones (excluding diaryl/α,β-unsaturated/α-hetero) is 1. The van der Waals surface area contributed by atoms with Crippen LogP contribution in [-0.2, 0) is 4.79 Å². The average molecular weight is 437 g/mol. The summed E-state index contributed by atoms with van der Waals surface area (Å²) in [5, 5.41) is 0. The Labute approximate surface area is 189 Å². The van der Waals surface area contributed by atoms with Crippen LogP contribution >= 0.6 is 23.5 Å². The van der Waals surface area contributed by atoms with E-state index in [4.69, 9.17) is 0 Å². The molecule has 0 amide bonds. The van der Waals surface area contributed by atoms with E-state index < -0.39 is 0 Å². The second kappa shape index (κ2) is 7.04. The molecule has 3 heteroatoms. The van der Waals surface area contributed by atoms with Gasteiger partial charge < -0.3 is 0 Å². The number of ketones is 1. The largest absolute Gasteiger partial charge is 0.299 e. The first-order valence-corrected chi connectivity index (χ1v) is 13.8. The number of hydrogen-bond acceptors (Lipinski definition) is 3. The van der Waals surface area contributed by atoms with Crippen LogP contribution in [0.25, 0.3) is 0 Å². The molecule has 1 spiro atoms. The van der Waals surface area contributed by atoms with Gasteiger partial charge in [0, 0.05) is 29.3 Å². The first-order chi connectivity index (χ1) is 14.5. The fraction of sp³-hybridized carbons (Fsp3) is 0.593. The zero-order valence-electron chi connectivity index (χ0n) is 18.2. The predicted molar refractivity (Wildman–Crippen MR) is 129 cm³/mol. The highest BCUT2D eigenvalue weighted by Gasteiger charge is 2.56. The summed E-state index contributed by atoms with van der Waals surface area (Å²) in [6.07, 6.45) is 10.6. The fourth-order valence-electron chi connectivity index (χ4n) is 7.35. The van der Waals surface area contributed by atoms with E-state index in [1.165, 1.54) is 48.3 Å². The van der Waals surface area contributed by atoms with Crippen molar-refractivity contribution in [3.63, 3.8) is 0 Å². The Morgan fingerprint density at radius 3 is 2.53 bits per heavy atom. The van der Waals surface area contributed by atoms with E-state index in [0.717, 1.165) is 19.3 Å². The Kier molecular flexibility index (Phi) is 4.63. The van der Waals surface area contributed by atoms with Crippen LogP contribution < -0.4 is 0 Å². The molecular weight excluding hydrogens is 404 g/mol. The summed E-state index contributed by atoms with van der Waals surface area (Å²) in [5.41, 5.74) is 7.77. The van der Waals surface area contributed by atoms with Crippen LogP contribution in [0.2, 0.25) is 0 Å². The molecule has 1 heterocycles. The maximum atomic E-state index is 13.1. The molecule has 30 heavy (non-hydrogen) atoms. The van der Waals surface area contributed by atoms with Gasteiger partial charge in [-0.3, -0.25) is 4.79 Å². The van der Waals surface area contributed by atoms with E-state index in [1.807, 2.05) is 0 Å². The number of rotatable bonds is 1. The van der Waals surface area contributed by atoms with Gasteiger partial charge in [-0.05, 0) is 74.0 Å². The molecule has 0 aromatic heterocycles. The lowest BCUT2D eigenvalue weighted by Crippen LogP contribution is -2.43. The van der Waals surface area contributed by atoms with Gasteiger partial charge in [-0.15, -0.1) is 23.5 Å². The second-order valence-corrected chi connectivity index (χ2v) is 13.5. The molecule has 1 saturated heterocycles. The molecule has 0 radical (unpaired) electrons. The topological polar surface area (TPSA) is 17.1 Å². The van der Waals surface area contributed by atoms with Crippen molar-refractivity contribution in [3.05, 3.63) is 58.2 Å². The number of hydrogen-bond donors (Lipinski definition) is 0. The van der Waals surface area contributed by atoms with Gasteiger partial charge in [-0.1, -0.05) is 48.4 Å². The minimum Gasteiger partial charge on any atom is -0.299 e. The number of aryl methyl sites for hydroxylation is 1. The lowest BCUT2D eigenvalue weighted by Gasteiger charge is -2.51. The normalized spacial score (nSPS) is 37.1. The molecule has 1 nitrogen and oxygen atoms in total. The quantitative estimate of drug-likeness (QED) is 0.468. The number of allylic oxidation sites excluding steroid dienone is 3. The fourth-order valence-corrected chi connectivity index (χ4v) is 10.5. The first kappa shape index (κ1) is 19.7. The molecule has 2 saturated carbocycles. The number of benzene rings is 1. The zero-order chi connectivity index (χ0) is 20.5. The van der Waals surface area contributed by atoms with Crippen LogP contribution in [0.1, 0.15) is 68.9 Å². The summed E-state index contributed by atoms with van der Waals surface area (Å²) < 4.78 is 0.359. The van der Waals surface area contributed by atoms with E-state index >= 15 is 0 Å². The maximum Gasteiger partial charge on any atom is 0.139 e. The summed E-state index contributed by atoms with van der Waals surface area (Å²) in [5.74, 6) is 4.76. The molecule has 1 aliphatic heterocycles. The molecular formula is C27H32OS2. The third kappa shape index (κ3) is 2.87. The van der Waals surface area contributed by atoms with Crippen molar-refractivity contribution in [2.45, 2.75) is 68.8 Å². The molecule has 6 rings (SSSR count). The Morgan fingerprint density at radius 2 is 1.77 bits per heavy atom. The summed E-state index contributed by atoms with van der Waals surface area (Å²) in [4.78, 5) is 13.1. The molecule has 0 bridgehead atoms. The van der Waals surface area contributed by atoms with Crippen molar-refractivity contribution in [3.8, 4) is 0 Å². The Morgan fingerprint density at radius 1 is 1.00 bits per heavy atom. The Balaban J connectivity index is 1.50. The monoisotopic (exact) mass is 436 g/mol. The van der Waals surface area contributed by atoms with Gasteiger partial charge in [0.05, 0.1) is 4.08 Å². The summed E-state index contributed by atoms with van der Waals surface area (Å²) in [7, 11) is 0. The highest BCUT2D eigenvalue weighted by molar-refractivity contribution is 8.21. The molecule has 158 valence electrons. The molecule has 0 N–H and O–H groups in total. The van der Waals surface area contributed by atoms with Crippen LogP contribution in [0.4, 0.5) is 0 Å². The van der Waals surface area contributed by atoms with Crippen molar-refractivity contribution < 1.29 is 4.79 Å². The molecule has 1 aromatic carbocycles. The lowest BCUT2D eigenvalue weighted by atomic mass is 9.53. The van der Waals surface area contributed by atoms with Crippen molar-refractivity contribution >= 4 is 29.3 Å². The Bertz CT molecular complexity index is 950. The third-order valence-electron chi connectivity index (χ3n) is 8.86. The maximum absolute atomic E-state index is 13.1. The van der Waals surface area contributed by atoms with Crippen molar-refractivity contribution in [2.24, 2.45) is 17.3 Å². The van der Waals surface area contributed by atoms with Gasteiger partial charge in [0.25, 0.3) is 0 Å². The average Bonchev–Trinajstić information content (AvgIpc) is 3.32. The van der Waals surface area contributed by atoms with Gasteiger partial charge in [-0.2, -0.15) is 0 Å². The minimum absolute atomic E-state index is 0.113. The number of fused-ring (bicyclic) bond motifs is 4. The molecule has 3 fully saturated rings. The van der Waals surface area contributed by atoms with E-state index in [2.05, 4.69) is 67.7 Å². The molecule has 4 aliphatic carbocycles. The highest BCUT2D eigenvalue weighted by Crippen LogP contribution is 2.64. The van der Waals surface area contributed by atoms with Crippen LogP contribution in [0, 0.1) is 24.2 Å². The minimum atomic E-state index is -0.113. The zero-order valence-corrected chi connectivity index (χ0v) is 19.8. The van der Waals surface area contributed by atoms with Crippen molar-refractivity contribution in [2.75, 3.05) is 11.5 Å². The molecule has 0 unspecified atom stereocenters. The Hall–Kier alpha value is -0.930. The van der Waals surface area contributed by atoms with E-state index in [1.54, 1.807) is 16.7 Å². The van der Waals surface area contributed by atoms with E-state index in [0.29, 0.717) is 27.6 Å². The van der Waals surface area contributed by atoms with E-state index in [9.17, 15) is 4.79 Å². The van der Waals surface area contributed by atoms with E-state index in [-0.39, 0.29) is 5.41 Å². The van der Waals surface area contributed by atoms with Gasteiger partial charge in [-0.25, -0.2) is 0 Å². The van der Waals surface area contributed by atoms with Gasteiger partial charge in [0.15, 0.2) is 0 Å². The highest BCUT2D eigenvalue weighted by atomic mass is 32.2. The number of carbonyl (C=O) groups is 1. The van der Waals surface area contributed by atoms with Gasteiger partial charge >= 0.3 is 0 Å². The van der Waals surface area contributed by atoms with Crippen LogP contribution in [-0.4, -0.2) is 21.4 Å². The number of thioether (sulfide) groups is 2. The number of carbonyl (C=O) groups excluding carboxylic acids is 1. The van der Waals surface area contributed by atoms with Gasteiger partial charge in [0.1, 0.15) is 5.78 Å². The summed E-state index contributed by atoms with van der Waals surface area (Å²) in [6.45, 7) is 4.48. The summed E-state index contributed by atoms with van der Waals surface area (Å²) in [6, 6.07) is 9.22. The van der Waals surface area contributed by atoms with Crippen LogP contribution in [0.5, 0.6) is 0 Å².